The van der Waals surface area contributed by atoms with Crippen molar-refractivity contribution in [3.63, 3.8) is 0 Å². The van der Waals surface area contributed by atoms with E-state index in [9.17, 15) is 9.90 Å². The smallest absolute Gasteiger partial charge is 0.337 e. The van der Waals surface area contributed by atoms with Crippen molar-refractivity contribution in [3.8, 4) is 5.75 Å². The summed E-state index contributed by atoms with van der Waals surface area (Å²) in [4.78, 5) is 15.3. The van der Waals surface area contributed by atoms with Gasteiger partial charge >= 0.3 is 5.97 Å². The van der Waals surface area contributed by atoms with Gasteiger partial charge in [-0.25, -0.2) is 4.79 Å². The van der Waals surface area contributed by atoms with Crippen molar-refractivity contribution in [1.29, 1.82) is 0 Å². The summed E-state index contributed by atoms with van der Waals surface area (Å²) >= 11 is 5.81. The summed E-state index contributed by atoms with van der Waals surface area (Å²) in [6.07, 6.45) is 1.62. The molecule has 0 radical (unpaired) electrons. The number of carboxylic acids is 1. The summed E-state index contributed by atoms with van der Waals surface area (Å²) in [6, 6.07) is 8.18. The molecule has 0 heterocycles. The van der Waals surface area contributed by atoms with Crippen LogP contribution in [0.4, 0.5) is 5.69 Å². The summed E-state index contributed by atoms with van der Waals surface area (Å²) in [5, 5.41) is 18.9. The van der Waals surface area contributed by atoms with Gasteiger partial charge in [-0.1, -0.05) is 11.6 Å². The predicted molar refractivity (Wildman–Crippen MR) is 83.2 cm³/mol. The minimum atomic E-state index is -1.09. The van der Waals surface area contributed by atoms with Crippen molar-refractivity contribution in [2.24, 2.45) is 4.99 Å². The van der Waals surface area contributed by atoms with Crippen LogP contribution in [0.2, 0.25) is 5.02 Å². The molecule has 2 aromatic carbocycles. The number of phenolic OH excluding ortho intramolecular Hbond substituents is 1. The van der Waals surface area contributed by atoms with Crippen LogP contribution in [0.15, 0.2) is 35.3 Å². The molecule has 2 N–H and O–H groups in total. The van der Waals surface area contributed by atoms with Gasteiger partial charge in [0.15, 0.2) is 0 Å². The SMILES string of the molecule is Cc1cc(C=Nc2ccc(Cl)c(C(=O)O)c2)cc(C)c1O. The van der Waals surface area contributed by atoms with Crippen LogP contribution in [0.3, 0.4) is 0 Å². The first-order chi connectivity index (χ1) is 9.88. The lowest BCUT2D eigenvalue weighted by Crippen LogP contribution is -1.96. The fourth-order valence-corrected chi connectivity index (χ4v) is 2.17. The van der Waals surface area contributed by atoms with Gasteiger partial charge in [-0.3, -0.25) is 4.99 Å². The number of phenols is 1. The summed E-state index contributed by atoms with van der Waals surface area (Å²) in [6.45, 7) is 3.62. The third kappa shape index (κ3) is 3.41. The Hall–Kier alpha value is -2.33. The zero-order valence-electron chi connectivity index (χ0n) is 11.6. The van der Waals surface area contributed by atoms with E-state index in [1.165, 1.54) is 12.1 Å². The Labute approximate surface area is 127 Å². The van der Waals surface area contributed by atoms with Crippen molar-refractivity contribution in [2.45, 2.75) is 13.8 Å². The van der Waals surface area contributed by atoms with E-state index in [1.807, 2.05) is 13.8 Å². The minimum Gasteiger partial charge on any atom is -0.507 e. The standard InChI is InChI=1S/C16H14ClNO3/c1-9-5-11(6-10(2)15(9)19)8-18-12-3-4-14(17)13(7-12)16(20)21/h3-8,19H,1-2H3,(H,20,21). The second kappa shape index (κ2) is 5.97. The van der Waals surface area contributed by atoms with Crippen LogP contribution in [-0.4, -0.2) is 22.4 Å². The van der Waals surface area contributed by atoms with Crippen LogP contribution in [0.1, 0.15) is 27.0 Å². The van der Waals surface area contributed by atoms with Gasteiger partial charge in [0.25, 0.3) is 0 Å². The number of aliphatic imine (C=N–C) groups is 1. The van der Waals surface area contributed by atoms with Crippen molar-refractivity contribution in [3.05, 3.63) is 57.6 Å². The molecule has 0 bridgehead atoms. The highest BCUT2D eigenvalue weighted by molar-refractivity contribution is 6.33. The predicted octanol–water partition coefficient (Wildman–Crippen LogP) is 4.11. The molecule has 2 rings (SSSR count). The number of aromatic carboxylic acids is 1. The normalized spacial score (nSPS) is 11.0. The molecule has 2 aromatic rings. The van der Waals surface area contributed by atoms with Crippen molar-refractivity contribution < 1.29 is 15.0 Å². The Bertz CT molecular complexity index is 715. The molecule has 0 amide bonds. The maximum atomic E-state index is 11.0. The lowest BCUT2D eigenvalue weighted by atomic mass is 10.1. The summed E-state index contributed by atoms with van der Waals surface area (Å²) in [5.74, 6) is -0.819. The Balaban J connectivity index is 2.34. The van der Waals surface area contributed by atoms with Gasteiger partial charge in [-0.2, -0.15) is 0 Å². The number of rotatable bonds is 3. The highest BCUT2D eigenvalue weighted by Gasteiger charge is 2.08. The largest absolute Gasteiger partial charge is 0.507 e. The van der Waals surface area contributed by atoms with Gasteiger partial charge in [0.05, 0.1) is 16.3 Å². The Kier molecular flexibility index (Phi) is 4.29. The maximum absolute atomic E-state index is 11.0. The number of carbonyl (C=O) groups is 1. The number of halogens is 1. The second-order valence-corrected chi connectivity index (χ2v) is 5.14. The molecule has 4 nitrogen and oxygen atoms in total. The Morgan fingerprint density at radius 3 is 2.38 bits per heavy atom. The first-order valence-electron chi connectivity index (χ1n) is 6.25. The maximum Gasteiger partial charge on any atom is 0.337 e. The first kappa shape index (κ1) is 15.1. The van der Waals surface area contributed by atoms with E-state index in [1.54, 1.807) is 24.4 Å². The molecule has 0 aliphatic heterocycles. The minimum absolute atomic E-state index is 0.0179. The molecule has 0 aliphatic carbocycles. The van der Waals surface area contributed by atoms with Crippen molar-refractivity contribution in [2.75, 3.05) is 0 Å². The van der Waals surface area contributed by atoms with E-state index >= 15 is 0 Å². The molecule has 0 aliphatic rings. The van der Waals surface area contributed by atoms with E-state index < -0.39 is 5.97 Å². The fraction of sp³-hybridized carbons (Fsp3) is 0.125. The summed E-state index contributed by atoms with van der Waals surface area (Å²) in [7, 11) is 0. The molecule has 0 fully saturated rings. The fourth-order valence-electron chi connectivity index (χ4n) is 1.97. The zero-order valence-corrected chi connectivity index (χ0v) is 12.3. The van der Waals surface area contributed by atoms with Gasteiger partial charge in [0.1, 0.15) is 5.75 Å². The van der Waals surface area contributed by atoms with Gasteiger partial charge < -0.3 is 10.2 Å². The number of carboxylic acid groups (broad SMARTS) is 1. The van der Waals surface area contributed by atoms with Crippen molar-refractivity contribution >= 4 is 29.5 Å². The average Bonchev–Trinajstić information content (AvgIpc) is 2.43. The molecule has 0 unspecified atom stereocenters. The summed E-state index contributed by atoms with van der Waals surface area (Å²) in [5.41, 5.74) is 2.87. The van der Waals surface area contributed by atoms with E-state index in [-0.39, 0.29) is 16.3 Å². The zero-order chi connectivity index (χ0) is 15.6. The first-order valence-corrected chi connectivity index (χ1v) is 6.63. The molecule has 0 saturated heterocycles. The van der Waals surface area contributed by atoms with Gasteiger partial charge in [0.2, 0.25) is 0 Å². The number of hydrogen-bond acceptors (Lipinski definition) is 3. The molecule has 0 spiro atoms. The highest BCUT2D eigenvalue weighted by atomic mass is 35.5. The van der Waals surface area contributed by atoms with Gasteiger partial charge in [-0.15, -0.1) is 0 Å². The van der Waals surface area contributed by atoms with Crippen LogP contribution in [-0.2, 0) is 0 Å². The number of aromatic hydroxyl groups is 1. The monoisotopic (exact) mass is 303 g/mol. The third-order valence-corrected chi connectivity index (χ3v) is 3.39. The summed E-state index contributed by atoms with van der Waals surface area (Å²) < 4.78 is 0. The van der Waals surface area contributed by atoms with Crippen molar-refractivity contribution in [1.82, 2.24) is 0 Å². The lowest BCUT2D eigenvalue weighted by Gasteiger charge is -2.04. The quantitative estimate of drug-likeness (QED) is 0.838. The molecule has 108 valence electrons. The van der Waals surface area contributed by atoms with E-state index in [2.05, 4.69) is 4.99 Å². The van der Waals surface area contributed by atoms with Crippen LogP contribution in [0.5, 0.6) is 5.75 Å². The Morgan fingerprint density at radius 1 is 1.19 bits per heavy atom. The topological polar surface area (TPSA) is 69.9 Å². The number of benzene rings is 2. The van der Waals surface area contributed by atoms with Crippen LogP contribution >= 0.6 is 11.6 Å². The average molecular weight is 304 g/mol. The second-order valence-electron chi connectivity index (χ2n) is 4.73. The number of nitrogens with zero attached hydrogens (tertiary/aromatic N) is 1. The molecular weight excluding hydrogens is 290 g/mol. The van der Waals surface area contributed by atoms with Crippen LogP contribution < -0.4 is 0 Å². The molecule has 21 heavy (non-hydrogen) atoms. The highest BCUT2D eigenvalue weighted by Crippen LogP contribution is 2.24. The molecule has 5 heteroatoms. The number of aryl methyl sites for hydroxylation is 2. The molecule has 0 atom stereocenters. The van der Waals surface area contributed by atoms with Crippen LogP contribution in [0.25, 0.3) is 0 Å². The Morgan fingerprint density at radius 2 is 1.81 bits per heavy atom. The van der Waals surface area contributed by atoms with Crippen LogP contribution in [0, 0.1) is 13.8 Å². The lowest BCUT2D eigenvalue weighted by molar-refractivity contribution is 0.0697. The molecule has 0 aromatic heterocycles. The van der Waals surface area contributed by atoms with E-state index in [0.29, 0.717) is 5.69 Å². The third-order valence-electron chi connectivity index (χ3n) is 3.06. The van der Waals surface area contributed by atoms with E-state index in [4.69, 9.17) is 16.7 Å². The molecular formula is C16H14ClNO3. The van der Waals surface area contributed by atoms with Gasteiger partial charge in [-0.05, 0) is 60.9 Å². The van der Waals surface area contributed by atoms with E-state index in [0.717, 1.165) is 16.7 Å². The van der Waals surface area contributed by atoms with Gasteiger partial charge in [0, 0.05) is 6.21 Å². The molecule has 0 saturated carbocycles. The number of hydrogen-bond donors (Lipinski definition) is 2.